The number of nitrogens with zero attached hydrogens (tertiary/aromatic N) is 1. The van der Waals surface area contributed by atoms with Crippen LogP contribution < -0.4 is 0 Å². The smallest absolute Gasteiger partial charge is 0.361 e. The summed E-state index contributed by atoms with van der Waals surface area (Å²) in [5.41, 5.74) is -1.13. The summed E-state index contributed by atoms with van der Waals surface area (Å²) < 4.78 is 0. The summed E-state index contributed by atoms with van der Waals surface area (Å²) in [6.07, 6.45) is 0.0404. The number of rotatable bonds is 3. The van der Waals surface area contributed by atoms with Gasteiger partial charge in [-0.05, 0) is 5.41 Å². The van der Waals surface area contributed by atoms with Crippen LogP contribution in [0.3, 0.4) is 0 Å². The highest BCUT2D eigenvalue weighted by Gasteiger charge is 2.25. The molecular formula is C8H13NO4. The van der Waals surface area contributed by atoms with E-state index in [-0.39, 0.29) is 11.8 Å². The number of hydrogen-bond acceptors (Lipinski definition) is 4. The van der Waals surface area contributed by atoms with Crippen LogP contribution in [0.2, 0.25) is 0 Å². The maximum Gasteiger partial charge on any atom is 0.361 e. The van der Waals surface area contributed by atoms with Crippen molar-refractivity contribution in [3.63, 3.8) is 0 Å². The molecule has 0 radical (unpaired) electrons. The van der Waals surface area contributed by atoms with E-state index >= 15 is 0 Å². The van der Waals surface area contributed by atoms with Gasteiger partial charge in [0.25, 0.3) is 0 Å². The van der Waals surface area contributed by atoms with Crippen molar-refractivity contribution < 1.29 is 19.9 Å². The molecular weight excluding hydrogens is 174 g/mol. The van der Waals surface area contributed by atoms with Crippen LogP contribution >= 0.6 is 0 Å². The zero-order valence-corrected chi connectivity index (χ0v) is 7.87. The molecule has 0 saturated carbocycles. The van der Waals surface area contributed by atoms with E-state index in [1.165, 1.54) is 0 Å². The summed E-state index contributed by atoms with van der Waals surface area (Å²) in [7, 11) is 0. The molecule has 0 fully saturated rings. The van der Waals surface area contributed by atoms with Gasteiger partial charge < -0.3 is 10.3 Å². The first-order chi connectivity index (χ1) is 5.78. The van der Waals surface area contributed by atoms with Crippen molar-refractivity contribution in [3.8, 4) is 0 Å². The minimum atomic E-state index is -1.50. The fourth-order valence-electron chi connectivity index (χ4n) is 0.783. The molecule has 0 aromatic rings. The number of aliphatic carboxylic acids is 1. The third-order valence-electron chi connectivity index (χ3n) is 1.26. The summed E-state index contributed by atoms with van der Waals surface area (Å²) in [5, 5.41) is 19.1. The van der Waals surface area contributed by atoms with E-state index in [1.807, 2.05) is 0 Å². The van der Waals surface area contributed by atoms with E-state index < -0.39 is 17.5 Å². The quantitative estimate of drug-likeness (QED) is 0.297. The third-order valence-corrected chi connectivity index (χ3v) is 1.26. The molecule has 0 saturated heterocycles. The Bertz CT molecular complexity index is 249. The number of oxime groups is 1. The van der Waals surface area contributed by atoms with Gasteiger partial charge in [-0.2, -0.15) is 0 Å². The van der Waals surface area contributed by atoms with Crippen molar-refractivity contribution >= 4 is 17.5 Å². The van der Waals surface area contributed by atoms with Gasteiger partial charge in [0, 0.05) is 6.42 Å². The Morgan fingerprint density at radius 2 is 1.77 bits per heavy atom. The topological polar surface area (TPSA) is 87.0 Å². The van der Waals surface area contributed by atoms with Gasteiger partial charge in [-0.15, -0.1) is 0 Å². The monoisotopic (exact) mass is 187 g/mol. The van der Waals surface area contributed by atoms with E-state index in [0.717, 1.165) is 0 Å². The van der Waals surface area contributed by atoms with Crippen LogP contribution in [0.1, 0.15) is 27.2 Å². The molecule has 0 aliphatic carbocycles. The van der Waals surface area contributed by atoms with Crippen LogP contribution in [0.5, 0.6) is 0 Å². The molecule has 0 aliphatic heterocycles. The Hall–Kier alpha value is -1.39. The fourth-order valence-corrected chi connectivity index (χ4v) is 0.783. The molecule has 74 valence electrons. The number of carbonyl (C=O) groups is 2. The number of hydrogen-bond donors (Lipinski definition) is 2. The first-order valence-corrected chi connectivity index (χ1v) is 3.76. The van der Waals surface area contributed by atoms with Crippen molar-refractivity contribution in [2.24, 2.45) is 10.6 Å². The highest BCUT2D eigenvalue weighted by molar-refractivity contribution is 6.63. The number of carbonyl (C=O) groups excluding carboxylic acids is 1. The van der Waals surface area contributed by atoms with Crippen molar-refractivity contribution in [3.05, 3.63) is 0 Å². The molecule has 0 spiro atoms. The largest absolute Gasteiger partial charge is 0.476 e. The van der Waals surface area contributed by atoms with E-state index in [0.29, 0.717) is 0 Å². The van der Waals surface area contributed by atoms with Gasteiger partial charge in [0.2, 0.25) is 5.71 Å². The molecule has 0 rings (SSSR count). The number of carboxylic acid groups (broad SMARTS) is 1. The second-order valence-electron chi connectivity index (χ2n) is 3.91. The highest BCUT2D eigenvalue weighted by atomic mass is 16.4. The zero-order valence-electron chi connectivity index (χ0n) is 7.87. The average molecular weight is 187 g/mol. The van der Waals surface area contributed by atoms with Crippen molar-refractivity contribution in [2.45, 2.75) is 27.2 Å². The van der Waals surface area contributed by atoms with Gasteiger partial charge in [0.1, 0.15) is 0 Å². The van der Waals surface area contributed by atoms with Crippen molar-refractivity contribution in [2.75, 3.05) is 0 Å². The molecule has 13 heavy (non-hydrogen) atoms. The molecule has 5 nitrogen and oxygen atoms in total. The predicted octanol–water partition coefficient (Wildman–Crippen LogP) is 0.907. The van der Waals surface area contributed by atoms with Gasteiger partial charge in [-0.3, -0.25) is 4.79 Å². The van der Waals surface area contributed by atoms with Crippen LogP contribution in [0, 0.1) is 5.41 Å². The molecule has 0 aromatic heterocycles. The van der Waals surface area contributed by atoms with E-state index in [4.69, 9.17) is 10.3 Å². The molecule has 0 aromatic carbocycles. The Labute approximate surface area is 76.1 Å². The van der Waals surface area contributed by atoms with Crippen LogP contribution in [0.4, 0.5) is 0 Å². The normalized spacial score (nSPS) is 12.7. The minimum absolute atomic E-state index is 0.0404. The third kappa shape index (κ3) is 4.25. The molecule has 5 heteroatoms. The van der Waals surface area contributed by atoms with Crippen LogP contribution in [0.25, 0.3) is 0 Å². The lowest BCUT2D eigenvalue weighted by molar-refractivity contribution is -0.130. The second-order valence-corrected chi connectivity index (χ2v) is 3.91. The summed E-state index contributed by atoms with van der Waals surface area (Å²) in [6.45, 7) is 5.38. The molecule has 0 atom stereocenters. The predicted molar refractivity (Wildman–Crippen MR) is 45.9 cm³/mol. The molecule has 0 heterocycles. The molecule has 2 N–H and O–H groups in total. The first-order valence-electron chi connectivity index (χ1n) is 3.76. The Morgan fingerprint density at radius 1 is 1.31 bits per heavy atom. The SMILES string of the molecule is CC(C)(C)CC(=O)C(=NO)C(=O)O. The second kappa shape index (κ2) is 4.02. The first kappa shape index (κ1) is 11.6. The highest BCUT2D eigenvalue weighted by Crippen LogP contribution is 2.18. The van der Waals surface area contributed by atoms with Crippen LogP contribution in [-0.4, -0.2) is 27.8 Å². The van der Waals surface area contributed by atoms with E-state index in [1.54, 1.807) is 20.8 Å². The lowest BCUT2D eigenvalue weighted by atomic mass is 9.89. The molecule has 0 bridgehead atoms. The van der Waals surface area contributed by atoms with Crippen molar-refractivity contribution in [1.29, 1.82) is 0 Å². The Balaban J connectivity index is 4.52. The lowest BCUT2D eigenvalue weighted by Crippen LogP contribution is -2.27. The van der Waals surface area contributed by atoms with Gasteiger partial charge >= 0.3 is 5.97 Å². The summed E-state index contributed by atoms with van der Waals surface area (Å²) in [5.74, 6) is -2.17. The van der Waals surface area contributed by atoms with Crippen LogP contribution in [-0.2, 0) is 9.59 Å². The molecule has 0 amide bonds. The average Bonchev–Trinajstić information content (AvgIpc) is 1.82. The zero-order chi connectivity index (χ0) is 10.6. The number of ketones is 1. The van der Waals surface area contributed by atoms with Gasteiger partial charge in [-0.1, -0.05) is 25.9 Å². The van der Waals surface area contributed by atoms with Gasteiger partial charge in [0.05, 0.1) is 0 Å². The number of carboxylic acids is 1. The molecule has 0 unspecified atom stereocenters. The molecule has 0 aliphatic rings. The van der Waals surface area contributed by atoms with Gasteiger partial charge in [-0.25, -0.2) is 4.79 Å². The summed E-state index contributed by atoms with van der Waals surface area (Å²) in [6, 6.07) is 0. The summed E-state index contributed by atoms with van der Waals surface area (Å²) >= 11 is 0. The van der Waals surface area contributed by atoms with E-state index in [9.17, 15) is 9.59 Å². The standard InChI is InChI=1S/C8H13NO4/c1-8(2,3)4-5(10)6(9-13)7(11)12/h13H,4H2,1-3H3,(H,11,12). The van der Waals surface area contributed by atoms with E-state index in [2.05, 4.69) is 5.16 Å². The fraction of sp³-hybridized carbons (Fsp3) is 0.625. The van der Waals surface area contributed by atoms with Gasteiger partial charge in [0.15, 0.2) is 5.78 Å². The van der Waals surface area contributed by atoms with Crippen LogP contribution in [0.15, 0.2) is 5.16 Å². The maximum atomic E-state index is 11.2. The van der Waals surface area contributed by atoms with Crippen molar-refractivity contribution in [1.82, 2.24) is 0 Å². The lowest BCUT2D eigenvalue weighted by Gasteiger charge is -2.15. The Morgan fingerprint density at radius 3 is 2.00 bits per heavy atom. The maximum absolute atomic E-state index is 11.2. The Kier molecular flexibility index (Phi) is 3.59. The summed E-state index contributed by atoms with van der Waals surface area (Å²) in [4.78, 5) is 21.5. The minimum Gasteiger partial charge on any atom is -0.476 e. The number of Topliss-reactive ketones (excluding diaryl/α,β-unsaturated/α-hetero) is 1.